The maximum atomic E-state index is 5.77. The van der Waals surface area contributed by atoms with Gasteiger partial charge in [-0.25, -0.2) is 15.0 Å². The summed E-state index contributed by atoms with van der Waals surface area (Å²) in [7, 11) is 0. The zero-order chi connectivity index (χ0) is 18.6. The lowest BCUT2D eigenvalue weighted by Gasteiger charge is -2.22. The molecule has 0 aliphatic carbocycles. The Morgan fingerprint density at radius 3 is 2.75 bits per heavy atom. The normalized spacial score (nSPS) is 13.4. The van der Waals surface area contributed by atoms with Gasteiger partial charge in [0.2, 0.25) is 0 Å². The van der Waals surface area contributed by atoms with Gasteiger partial charge in [-0.15, -0.1) is 0 Å². The maximum Gasteiger partial charge on any atom is 0.257 e. The van der Waals surface area contributed by atoms with Crippen LogP contribution in [-0.2, 0) is 0 Å². The lowest BCUT2D eigenvalue weighted by atomic mass is 10.0. The highest BCUT2D eigenvalue weighted by molar-refractivity contribution is 7.59. The van der Waals surface area contributed by atoms with E-state index in [9.17, 15) is 0 Å². The first kappa shape index (κ1) is 19.9. The molecule has 0 saturated heterocycles. The first-order valence-electron chi connectivity index (χ1n) is 8.94. The molecule has 4 heterocycles. The fraction of sp³-hybridized carbons (Fsp3) is 0.300. The van der Waals surface area contributed by atoms with Gasteiger partial charge in [0.1, 0.15) is 25.4 Å². The number of pyridine rings is 2. The Labute approximate surface area is 171 Å². The first-order chi connectivity index (χ1) is 13.2. The van der Waals surface area contributed by atoms with Gasteiger partial charge in [-0.2, -0.15) is 13.5 Å². The van der Waals surface area contributed by atoms with E-state index in [1.165, 1.54) is 0 Å². The van der Waals surface area contributed by atoms with Crippen LogP contribution in [0, 0.1) is 6.92 Å². The summed E-state index contributed by atoms with van der Waals surface area (Å²) in [5.74, 6) is 2.28. The van der Waals surface area contributed by atoms with E-state index in [2.05, 4.69) is 32.2 Å². The number of fused-ring (bicyclic) bond motifs is 1. The van der Waals surface area contributed by atoms with E-state index in [1.54, 1.807) is 12.5 Å². The van der Waals surface area contributed by atoms with Crippen LogP contribution >= 0.6 is 13.5 Å². The van der Waals surface area contributed by atoms with Crippen LogP contribution in [-0.4, -0.2) is 39.7 Å². The fourth-order valence-corrected chi connectivity index (χ4v) is 2.96. The highest BCUT2D eigenvalue weighted by Gasteiger charge is 2.20. The Kier molecular flexibility index (Phi) is 6.30. The second-order valence-electron chi connectivity index (χ2n) is 6.49. The molecule has 0 radical (unpaired) electrons. The second-order valence-corrected chi connectivity index (χ2v) is 6.49. The van der Waals surface area contributed by atoms with Crippen molar-refractivity contribution in [3.63, 3.8) is 0 Å². The lowest BCUT2D eigenvalue weighted by molar-refractivity contribution is 0.162. The maximum absolute atomic E-state index is 5.77. The average Bonchev–Trinajstić information content (AvgIpc) is 2.72. The number of rotatable bonds is 5. The summed E-state index contributed by atoms with van der Waals surface area (Å²) in [4.78, 5) is 17.2. The monoisotopic (exact) mass is 397 g/mol. The minimum atomic E-state index is 0. The molecule has 7 nitrogen and oxygen atoms in total. The van der Waals surface area contributed by atoms with E-state index in [-0.39, 0.29) is 19.4 Å². The molecule has 8 heteroatoms. The summed E-state index contributed by atoms with van der Waals surface area (Å²) in [6, 6.07) is 7.89. The topological polar surface area (TPSA) is 82.1 Å². The molecule has 1 atom stereocenters. The van der Waals surface area contributed by atoms with Crippen LogP contribution in [0.15, 0.2) is 43.0 Å². The summed E-state index contributed by atoms with van der Waals surface area (Å²) < 4.78 is 11.3. The third kappa shape index (κ3) is 4.33. The molecule has 1 aliphatic rings. The van der Waals surface area contributed by atoms with Gasteiger partial charge in [0.25, 0.3) is 5.88 Å². The van der Waals surface area contributed by atoms with Crippen LogP contribution in [0.1, 0.15) is 24.1 Å². The van der Waals surface area contributed by atoms with Crippen molar-refractivity contribution in [1.29, 1.82) is 0 Å². The summed E-state index contributed by atoms with van der Waals surface area (Å²) in [6.45, 7) is 5.87. The number of aryl methyl sites for hydroxylation is 1. The van der Waals surface area contributed by atoms with E-state index in [4.69, 9.17) is 9.47 Å². The van der Waals surface area contributed by atoms with Gasteiger partial charge in [0.15, 0.2) is 5.75 Å². The Morgan fingerprint density at radius 2 is 1.93 bits per heavy atom. The van der Waals surface area contributed by atoms with Crippen LogP contribution < -0.4 is 14.8 Å². The summed E-state index contributed by atoms with van der Waals surface area (Å²) >= 11 is 0. The number of aromatic nitrogens is 4. The number of nitrogens with one attached hydrogen (secondary N) is 1. The smallest absolute Gasteiger partial charge is 0.257 e. The molecule has 0 spiro atoms. The van der Waals surface area contributed by atoms with E-state index >= 15 is 0 Å². The highest BCUT2D eigenvalue weighted by atomic mass is 32.1. The number of anilines is 1. The van der Waals surface area contributed by atoms with Crippen molar-refractivity contribution in [3.05, 3.63) is 54.2 Å². The first-order valence-corrected chi connectivity index (χ1v) is 8.94. The number of nitrogens with zero attached hydrogens (tertiary/aromatic N) is 4. The fourth-order valence-electron chi connectivity index (χ4n) is 2.96. The van der Waals surface area contributed by atoms with Crippen molar-refractivity contribution >= 4 is 19.3 Å². The van der Waals surface area contributed by atoms with Crippen LogP contribution in [0.2, 0.25) is 0 Å². The largest absolute Gasteiger partial charge is 0.484 e. The molecule has 0 aromatic carbocycles. The zero-order valence-electron chi connectivity index (χ0n) is 15.8. The second kappa shape index (κ2) is 8.88. The Balaban J connectivity index is 0.00000225. The predicted molar refractivity (Wildman–Crippen MR) is 113 cm³/mol. The SMILES string of the molecule is Cc1ccc(-c2cc(NC[C@@H](C)c3ccnc4c3OCCO4)ncn2)cn1.S. The van der Waals surface area contributed by atoms with E-state index in [1.807, 2.05) is 37.4 Å². The highest BCUT2D eigenvalue weighted by Crippen LogP contribution is 2.35. The summed E-state index contributed by atoms with van der Waals surface area (Å²) in [6.07, 6.45) is 5.14. The Bertz CT molecular complexity index is 936. The minimum absolute atomic E-state index is 0. The molecule has 28 heavy (non-hydrogen) atoms. The van der Waals surface area contributed by atoms with Crippen molar-refractivity contribution in [2.75, 3.05) is 25.1 Å². The summed E-state index contributed by atoms with van der Waals surface area (Å²) in [5, 5.41) is 3.38. The molecule has 0 amide bonds. The van der Waals surface area contributed by atoms with Gasteiger partial charge in [-0.05, 0) is 25.1 Å². The molecule has 1 aliphatic heterocycles. The molecule has 0 unspecified atom stereocenters. The molecule has 146 valence electrons. The van der Waals surface area contributed by atoms with E-state index < -0.39 is 0 Å². The van der Waals surface area contributed by atoms with Crippen molar-refractivity contribution in [1.82, 2.24) is 19.9 Å². The Morgan fingerprint density at radius 1 is 1.07 bits per heavy atom. The van der Waals surface area contributed by atoms with Gasteiger partial charge in [-0.3, -0.25) is 4.98 Å². The molecular formula is C20H23N5O2S. The van der Waals surface area contributed by atoms with E-state index in [0.717, 1.165) is 34.1 Å². The van der Waals surface area contributed by atoms with Gasteiger partial charge in [-0.1, -0.05) is 6.92 Å². The van der Waals surface area contributed by atoms with Crippen LogP contribution in [0.5, 0.6) is 11.6 Å². The van der Waals surface area contributed by atoms with Crippen molar-refractivity contribution in [2.45, 2.75) is 19.8 Å². The molecular weight excluding hydrogens is 374 g/mol. The molecule has 3 aromatic heterocycles. The molecule has 0 fully saturated rings. The molecule has 1 N–H and O–H groups in total. The number of hydrogen-bond acceptors (Lipinski definition) is 7. The third-order valence-corrected chi connectivity index (χ3v) is 4.47. The minimum Gasteiger partial charge on any atom is -0.484 e. The van der Waals surface area contributed by atoms with Crippen LogP contribution in [0.4, 0.5) is 5.82 Å². The lowest BCUT2D eigenvalue weighted by Crippen LogP contribution is -2.19. The van der Waals surface area contributed by atoms with Gasteiger partial charge in [0.05, 0.1) is 5.69 Å². The molecule has 3 aromatic rings. The molecule has 4 rings (SSSR count). The van der Waals surface area contributed by atoms with Crippen molar-refractivity contribution in [2.24, 2.45) is 0 Å². The number of ether oxygens (including phenoxy) is 2. The van der Waals surface area contributed by atoms with E-state index in [0.29, 0.717) is 25.6 Å². The quantitative estimate of drug-likeness (QED) is 0.707. The van der Waals surface area contributed by atoms with Crippen molar-refractivity contribution < 1.29 is 9.47 Å². The molecule has 0 bridgehead atoms. The standard InChI is InChI=1S/C20H21N5O2.H2S/c1-13(16-5-6-21-20-19(16)26-7-8-27-20)10-23-18-9-17(24-12-25-18)15-4-3-14(2)22-11-15;/h3-6,9,11-13H,7-8,10H2,1-2H3,(H,23,24,25);1H2/t13-;/m1./s1. The predicted octanol–water partition coefficient (Wildman–Crippen LogP) is 3.34. The van der Waals surface area contributed by atoms with Gasteiger partial charge < -0.3 is 14.8 Å². The van der Waals surface area contributed by atoms with Crippen LogP contribution in [0.25, 0.3) is 11.3 Å². The third-order valence-electron chi connectivity index (χ3n) is 4.47. The molecule has 0 saturated carbocycles. The Hall–Kier alpha value is -2.87. The van der Waals surface area contributed by atoms with Gasteiger partial charge >= 0.3 is 0 Å². The van der Waals surface area contributed by atoms with Crippen LogP contribution in [0.3, 0.4) is 0 Å². The average molecular weight is 398 g/mol. The number of hydrogen-bond donors (Lipinski definition) is 1. The summed E-state index contributed by atoms with van der Waals surface area (Å²) in [5.41, 5.74) is 3.86. The zero-order valence-corrected chi connectivity index (χ0v) is 16.8. The van der Waals surface area contributed by atoms with Crippen molar-refractivity contribution in [3.8, 4) is 22.9 Å². The van der Waals surface area contributed by atoms with Gasteiger partial charge in [0, 0.05) is 47.7 Å².